The minimum Gasteiger partial charge on any atom is -0.435 e. The molecule has 2 heterocycles. The van der Waals surface area contributed by atoms with Gasteiger partial charge in [-0.25, -0.2) is 0 Å². The monoisotopic (exact) mass is 420 g/mol. The van der Waals surface area contributed by atoms with Crippen molar-refractivity contribution in [2.24, 2.45) is 0 Å². The average Bonchev–Trinajstić information content (AvgIpc) is 3.25. The Kier molecular flexibility index (Phi) is 5.97. The van der Waals surface area contributed by atoms with Crippen molar-refractivity contribution in [1.82, 2.24) is 4.57 Å². The fourth-order valence-electron chi connectivity index (χ4n) is 4.10. The number of fused-ring (bicyclic) bond motifs is 2. The van der Waals surface area contributed by atoms with E-state index in [-0.39, 0.29) is 24.5 Å². The van der Waals surface area contributed by atoms with Gasteiger partial charge in [0.15, 0.2) is 0 Å². The third-order valence-electron chi connectivity index (χ3n) is 5.41. The second-order valence-electron chi connectivity index (χ2n) is 7.11. The summed E-state index contributed by atoms with van der Waals surface area (Å²) in [6, 6.07) is 23.5. The number of thioether (sulfide) groups is 1. The zero-order chi connectivity index (χ0) is 20.7. The molecular weight excluding hydrogens is 403 g/mol. The van der Waals surface area contributed by atoms with E-state index in [4.69, 9.17) is 0 Å². The number of rotatable bonds is 4. The van der Waals surface area contributed by atoms with Gasteiger partial charge in [0, 0.05) is 12.0 Å². The van der Waals surface area contributed by atoms with Crippen LogP contribution in [-0.4, -0.2) is 15.2 Å². The minimum atomic E-state index is -0.560. The molecule has 0 radical (unpaired) electrons. The van der Waals surface area contributed by atoms with Crippen LogP contribution in [0.5, 0.6) is 0 Å². The van der Waals surface area contributed by atoms with Gasteiger partial charge in [0.2, 0.25) is 5.56 Å². The van der Waals surface area contributed by atoms with E-state index in [1.165, 1.54) is 16.3 Å². The zero-order valence-corrected chi connectivity index (χ0v) is 17.8. The first-order valence-electron chi connectivity index (χ1n) is 9.59. The predicted molar refractivity (Wildman–Crippen MR) is 120 cm³/mol. The Labute approximate surface area is 195 Å². The number of hydrogen-bond donors (Lipinski definition) is 0. The van der Waals surface area contributed by atoms with Gasteiger partial charge in [-0.05, 0) is 38.2 Å². The number of benzene rings is 3. The van der Waals surface area contributed by atoms with E-state index in [2.05, 4.69) is 0 Å². The fraction of sp³-hybridized carbons (Fsp3) is 0.0833. The molecule has 1 aromatic heterocycles. The van der Waals surface area contributed by atoms with Crippen LogP contribution in [0.1, 0.15) is 11.1 Å². The first kappa shape index (κ1) is 21.3. The first-order valence-corrected chi connectivity index (χ1v) is 10.6. The number of aromatic nitrogens is 1. The van der Waals surface area contributed by atoms with E-state index in [0.717, 1.165) is 32.5 Å². The quantitative estimate of drug-likeness (QED) is 0.220. The molecule has 0 saturated carbocycles. The van der Waals surface area contributed by atoms with Crippen molar-refractivity contribution in [3.63, 3.8) is 0 Å². The molecular formula is C24H17LiN2O3S. The molecule has 1 aliphatic heterocycles. The van der Waals surface area contributed by atoms with Crippen LogP contribution in [0.2, 0.25) is 0 Å². The van der Waals surface area contributed by atoms with Crippen LogP contribution in [0.3, 0.4) is 0 Å². The van der Waals surface area contributed by atoms with Gasteiger partial charge in [0.1, 0.15) is 0 Å². The summed E-state index contributed by atoms with van der Waals surface area (Å²) in [6.07, 6.45) is 0.311. The van der Waals surface area contributed by atoms with Crippen LogP contribution in [0.4, 0.5) is 5.69 Å². The topological polar surface area (TPSA) is 65.1 Å². The van der Waals surface area contributed by atoms with E-state index in [1.54, 1.807) is 6.54 Å². The Bertz CT molecular complexity index is 1350. The van der Waals surface area contributed by atoms with Gasteiger partial charge in [-0.3, -0.25) is 10.1 Å². The van der Waals surface area contributed by atoms with Gasteiger partial charge >= 0.3 is 18.9 Å². The Morgan fingerprint density at radius 2 is 1.71 bits per heavy atom. The van der Waals surface area contributed by atoms with Crippen molar-refractivity contribution in [2.75, 3.05) is 5.75 Å². The number of pyridine rings is 1. The van der Waals surface area contributed by atoms with E-state index in [1.807, 2.05) is 72.8 Å². The molecule has 0 atom stereocenters. The standard InChI is InChI=1S/C24H17N2O3S.Li/c27-23-22(26(28)29)20(15-18-11-6-10-16-7-4-5-12-19(16)18)21(17-8-2-1-3-9-17)24-25(23)13-14-30-24;/h1-13H,14-15H2;/q-1;+1. The summed E-state index contributed by atoms with van der Waals surface area (Å²) in [5.74, 6) is 0.615. The fourth-order valence-corrected chi connectivity index (χ4v) is 5.17. The van der Waals surface area contributed by atoms with Crippen molar-refractivity contribution >= 4 is 28.2 Å². The van der Waals surface area contributed by atoms with E-state index < -0.39 is 10.5 Å². The summed E-state index contributed by atoms with van der Waals surface area (Å²) in [5, 5.41) is 14.9. The summed E-state index contributed by atoms with van der Waals surface area (Å²) >= 11 is 1.54. The van der Waals surface area contributed by atoms with Crippen LogP contribution in [0, 0.1) is 16.7 Å². The molecule has 3 aromatic carbocycles. The number of nitrogens with zero attached hydrogens (tertiary/aromatic N) is 2. The zero-order valence-electron chi connectivity index (χ0n) is 16.9. The molecule has 0 saturated heterocycles. The molecule has 4 aromatic rings. The summed E-state index contributed by atoms with van der Waals surface area (Å²) < 4.78 is 1.44. The van der Waals surface area contributed by atoms with E-state index in [0.29, 0.717) is 17.7 Å². The maximum Gasteiger partial charge on any atom is 1.00 e. The Morgan fingerprint density at radius 3 is 2.48 bits per heavy atom. The summed E-state index contributed by atoms with van der Waals surface area (Å²) in [4.78, 5) is 24.6. The number of hydrogen-bond acceptors (Lipinski definition) is 4. The maximum absolute atomic E-state index is 13.0. The van der Waals surface area contributed by atoms with Gasteiger partial charge < -0.3 is 9.36 Å². The second kappa shape index (κ2) is 8.68. The molecule has 5 nitrogen and oxygen atoms in total. The molecule has 0 spiro atoms. The van der Waals surface area contributed by atoms with Crippen LogP contribution in [-0.2, 0) is 6.42 Å². The maximum atomic E-state index is 13.0. The van der Waals surface area contributed by atoms with Crippen LogP contribution in [0.25, 0.3) is 21.9 Å². The summed E-state index contributed by atoms with van der Waals surface area (Å²) in [6.45, 7) is 1.73. The van der Waals surface area contributed by atoms with Gasteiger partial charge in [0.05, 0.1) is 4.92 Å². The molecule has 5 rings (SSSR count). The van der Waals surface area contributed by atoms with Crippen molar-refractivity contribution in [2.45, 2.75) is 11.4 Å². The molecule has 148 valence electrons. The minimum absolute atomic E-state index is 0. The van der Waals surface area contributed by atoms with Gasteiger partial charge in [-0.2, -0.15) is 11.8 Å². The molecule has 0 amide bonds. The molecule has 7 heteroatoms. The first-order chi connectivity index (χ1) is 14.6. The summed E-state index contributed by atoms with van der Waals surface area (Å²) in [5.41, 5.74) is 2.18. The van der Waals surface area contributed by atoms with Crippen LogP contribution >= 0.6 is 11.8 Å². The Hall–Kier alpha value is -2.91. The second-order valence-corrected chi connectivity index (χ2v) is 8.12. The number of nitro groups is 1. The SMILES string of the molecule is O=c1c([N+](=O)[O-])c(Cc2cccc3ccccc23)c(-c2ccccc2)c2n1[CH-]CS2.[Li+]. The predicted octanol–water partition coefficient (Wildman–Crippen LogP) is 2.29. The third-order valence-corrected chi connectivity index (χ3v) is 6.40. The van der Waals surface area contributed by atoms with Crippen LogP contribution < -0.4 is 24.4 Å². The molecule has 0 fully saturated rings. The molecule has 0 bridgehead atoms. The van der Waals surface area contributed by atoms with E-state index >= 15 is 0 Å². The molecule has 0 aliphatic carbocycles. The van der Waals surface area contributed by atoms with Crippen LogP contribution in [0.15, 0.2) is 82.6 Å². The third kappa shape index (κ3) is 3.68. The van der Waals surface area contributed by atoms with Crippen molar-refractivity contribution < 1.29 is 23.8 Å². The van der Waals surface area contributed by atoms with Crippen molar-refractivity contribution in [3.05, 3.63) is 111 Å². The Balaban J connectivity index is 0.00000231. The summed E-state index contributed by atoms with van der Waals surface area (Å²) in [7, 11) is 0. The van der Waals surface area contributed by atoms with Gasteiger partial charge in [-0.15, -0.1) is 6.54 Å². The van der Waals surface area contributed by atoms with Gasteiger partial charge in [0.25, 0.3) is 5.69 Å². The molecule has 0 unspecified atom stereocenters. The smallest absolute Gasteiger partial charge is 0.435 e. The van der Waals surface area contributed by atoms with Gasteiger partial charge in [-0.1, -0.05) is 72.8 Å². The average molecular weight is 420 g/mol. The molecule has 31 heavy (non-hydrogen) atoms. The largest absolute Gasteiger partial charge is 1.00 e. The van der Waals surface area contributed by atoms with E-state index in [9.17, 15) is 14.9 Å². The van der Waals surface area contributed by atoms with Crippen molar-refractivity contribution in [3.8, 4) is 11.1 Å². The Morgan fingerprint density at radius 1 is 1.00 bits per heavy atom. The normalized spacial score (nSPS) is 12.1. The molecule has 1 aliphatic rings. The van der Waals surface area contributed by atoms with Crippen molar-refractivity contribution in [1.29, 1.82) is 0 Å². The molecule has 0 N–H and O–H groups in total.